The smallest absolute Gasteiger partial charge is 0.222 e. The lowest BCUT2D eigenvalue weighted by Gasteiger charge is -2.30. The Kier molecular flexibility index (Phi) is 8.70. The molecule has 0 saturated heterocycles. The van der Waals surface area contributed by atoms with E-state index in [1.165, 1.54) is 0 Å². The molecule has 1 atom stereocenters. The van der Waals surface area contributed by atoms with Gasteiger partial charge in [0, 0.05) is 17.2 Å². The largest absolute Gasteiger partial charge is 0.354 e. The van der Waals surface area contributed by atoms with Gasteiger partial charge in [0.2, 0.25) is 5.91 Å². The summed E-state index contributed by atoms with van der Waals surface area (Å²) in [4.78, 5) is 11.9. The normalized spacial score (nSPS) is 13.5. The minimum absolute atomic E-state index is 0.0758. The SMILES string of the molecule is CCC(CC)(CNC(=O)C(C)CCCN)SC. The Morgan fingerprint density at radius 1 is 1.41 bits per heavy atom. The number of rotatable bonds is 9. The zero-order valence-electron chi connectivity index (χ0n) is 11.7. The van der Waals surface area contributed by atoms with E-state index in [2.05, 4.69) is 25.4 Å². The Bertz CT molecular complexity index is 209. The standard InChI is InChI=1S/C13H28N2OS/c1-5-13(6-2,17-4)10-15-12(16)11(3)8-7-9-14/h11H,5-10,14H2,1-4H3,(H,15,16). The molecule has 0 spiro atoms. The van der Waals surface area contributed by atoms with Crippen LogP contribution in [0.3, 0.4) is 0 Å². The van der Waals surface area contributed by atoms with Crippen LogP contribution in [0.15, 0.2) is 0 Å². The van der Waals surface area contributed by atoms with Gasteiger partial charge in [0.15, 0.2) is 0 Å². The van der Waals surface area contributed by atoms with Crippen molar-refractivity contribution in [3.8, 4) is 0 Å². The van der Waals surface area contributed by atoms with Crippen LogP contribution in [0.1, 0.15) is 46.5 Å². The van der Waals surface area contributed by atoms with Crippen LogP contribution in [-0.2, 0) is 4.79 Å². The van der Waals surface area contributed by atoms with E-state index in [9.17, 15) is 4.79 Å². The molecule has 0 rings (SSSR count). The van der Waals surface area contributed by atoms with Crippen molar-refractivity contribution in [2.75, 3.05) is 19.3 Å². The van der Waals surface area contributed by atoms with Gasteiger partial charge < -0.3 is 11.1 Å². The van der Waals surface area contributed by atoms with Crippen molar-refractivity contribution in [1.29, 1.82) is 0 Å². The number of carbonyl (C=O) groups excluding carboxylic acids is 1. The third kappa shape index (κ3) is 5.77. The highest BCUT2D eigenvalue weighted by Gasteiger charge is 2.26. The van der Waals surface area contributed by atoms with Gasteiger partial charge in [-0.15, -0.1) is 0 Å². The van der Waals surface area contributed by atoms with Gasteiger partial charge >= 0.3 is 0 Å². The first-order chi connectivity index (χ1) is 8.05. The van der Waals surface area contributed by atoms with Gasteiger partial charge in [0.1, 0.15) is 0 Å². The molecule has 17 heavy (non-hydrogen) atoms. The van der Waals surface area contributed by atoms with Crippen LogP contribution in [-0.4, -0.2) is 30.0 Å². The van der Waals surface area contributed by atoms with E-state index in [1.54, 1.807) is 0 Å². The maximum atomic E-state index is 11.9. The van der Waals surface area contributed by atoms with Crippen LogP contribution in [0.2, 0.25) is 0 Å². The maximum absolute atomic E-state index is 11.9. The molecule has 0 aliphatic rings. The summed E-state index contributed by atoms with van der Waals surface area (Å²) in [5, 5.41) is 3.08. The van der Waals surface area contributed by atoms with E-state index >= 15 is 0 Å². The first kappa shape index (κ1) is 16.8. The van der Waals surface area contributed by atoms with E-state index in [4.69, 9.17) is 5.73 Å². The molecule has 0 aromatic heterocycles. The number of nitrogens with one attached hydrogen (secondary N) is 1. The molecule has 102 valence electrons. The molecule has 3 N–H and O–H groups in total. The van der Waals surface area contributed by atoms with Crippen LogP contribution >= 0.6 is 11.8 Å². The molecule has 3 nitrogen and oxygen atoms in total. The molecule has 0 aromatic rings. The number of thioether (sulfide) groups is 1. The molecular formula is C13H28N2OS. The fraction of sp³-hybridized carbons (Fsp3) is 0.923. The lowest BCUT2D eigenvalue weighted by molar-refractivity contribution is -0.124. The fourth-order valence-corrected chi connectivity index (χ4v) is 2.63. The number of carbonyl (C=O) groups is 1. The van der Waals surface area contributed by atoms with E-state index in [-0.39, 0.29) is 16.6 Å². The van der Waals surface area contributed by atoms with Crippen molar-refractivity contribution >= 4 is 17.7 Å². The lowest BCUT2D eigenvalue weighted by Crippen LogP contribution is -2.41. The molecule has 0 aliphatic heterocycles. The van der Waals surface area contributed by atoms with Crippen molar-refractivity contribution in [1.82, 2.24) is 5.32 Å². The fourth-order valence-electron chi connectivity index (χ4n) is 1.84. The van der Waals surface area contributed by atoms with Gasteiger partial charge in [-0.2, -0.15) is 11.8 Å². The van der Waals surface area contributed by atoms with Gasteiger partial charge in [-0.05, 0) is 38.5 Å². The highest BCUT2D eigenvalue weighted by atomic mass is 32.2. The number of hydrogen-bond acceptors (Lipinski definition) is 3. The molecule has 0 radical (unpaired) electrons. The van der Waals surface area contributed by atoms with E-state index in [0.29, 0.717) is 6.54 Å². The Morgan fingerprint density at radius 3 is 2.41 bits per heavy atom. The highest BCUT2D eigenvalue weighted by Crippen LogP contribution is 2.29. The molecule has 0 saturated carbocycles. The second-order valence-electron chi connectivity index (χ2n) is 4.64. The minimum Gasteiger partial charge on any atom is -0.354 e. The molecule has 4 heteroatoms. The van der Waals surface area contributed by atoms with Crippen LogP contribution < -0.4 is 11.1 Å². The Labute approximate surface area is 110 Å². The van der Waals surface area contributed by atoms with Crippen LogP contribution in [0, 0.1) is 5.92 Å². The Morgan fingerprint density at radius 2 is 2.00 bits per heavy atom. The predicted molar refractivity (Wildman–Crippen MR) is 77.3 cm³/mol. The van der Waals surface area contributed by atoms with Gasteiger partial charge in [0.25, 0.3) is 0 Å². The second kappa shape index (κ2) is 8.81. The quantitative estimate of drug-likeness (QED) is 0.669. The summed E-state index contributed by atoms with van der Waals surface area (Å²) in [5.74, 6) is 0.241. The van der Waals surface area contributed by atoms with E-state index in [0.717, 1.165) is 32.2 Å². The first-order valence-electron chi connectivity index (χ1n) is 6.58. The predicted octanol–water partition coefficient (Wildman–Crippen LogP) is 2.40. The van der Waals surface area contributed by atoms with E-state index in [1.807, 2.05) is 18.7 Å². The van der Waals surface area contributed by atoms with Crippen molar-refractivity contribution < 1.29 is 4.79 Å². The van der Waals surface area contributed by atoms with Gasteiger partial charge in [-0.25, -0.2) is 0 Å². The van der Waals surface area contributed by atoms with Gasteiger partial charge in [-0.3, -0.25) is 4.79 Å². The maximum Gasteiger partial charge on any atom is 0.222 e. The van der Waals surface area contributed by atoms with Crippen LogP contribution in [0.4, 0.5) is 0 Å². The highest BCUT2D eigenvalue weighted by molar-refractivity contribution is 8.00. The van der Waals surface area contributed by atoms with E-state index < -0.39 is 0 Å². The molecule has 1 amide bonds. The number of hydrogen-bond donors (Lipinski definition) is 2. The zero-order chi connectivity index (χ0) is 13.3. The summed E-state index contributed by atoms with van der Waals surface area (Å²) in [5.41, 5.74) is 5.45. The first-order valence-corrected chi connectivity index (χ1v) is 7.80. The Hall–Kier alpha value is -0.220. The summed E-state index contributed by atoms with van der Waals surface area (Å²) >= 11 is 1.85. The summed E-state index contributed by atoms with van der Waals surface area (Å²) in [6.45, 7) is 7.78. The summed E-state index contributed by atoms with van der Waals surface area (Å²) < 4.78 is 0.198. The monoisotopic (exact) mass is 260 g/mol. The second-order valence-corrected chi connectivity index (χ2v) is 5.92. The third-order valence-corrected chi connectivity index (χ3v) is 5.18. The molecule has 0 aromatic carbocycles. The molecule has 0 bridgehead atoms. The Balaban J connectivity index is 4.12. The topological polar surface area (TPSA) is 55.1 Å². The summed E-state index contributed by atoms with van der Waals surface area (Å²) in [6, 6.07) is 0. The van der Waals surface area contributed by atoms with Crippen molar-refractivity contribution in [2.45, 2.75) is 51.2 Å². The molecule has 0 fully saturated rings. The summed E-state index contributed by atoms with van der Waals surface area (Å²) in [7, 11) is 0. The lowest BCUT2D eigenvalue weighted by atomic mass is 10.0. The molecule has 0 heterocycles. The van der Waals surface area contributed by atoms with Gasteiger partial charge in [0.05, 0.1) is 0 Å². The number of amides is 1. The van der Waals surface area contributed by atoms with Crippen molar-refractivity contribution in [3.05, 3.63) is 0 Å². The zero-order valence-corrected chi connectivity index (χ0v) is 12.5. The van der Waals surface area contributed by atoms with Crippen LogP contribution in [0.25, 0.3) is 0 Å². The summed E-state index contributed by atoms with van der Waals surface area (Å²) in [6.07, 6.45) is 6.10. The molecule has 1 unspecified atom stereocenters. The minimum atomic E-state index is 0.0758. The van der Waals surface area contributed by atoms with Crippen molar-refractivity contribution in [3.63, 3.8) is 0 Å². The average molecular weight is 260 g/mol. The van der Waals surface area contributed by atoms with Crippen molar-refractivity contribution in [2.24, 2.45) is 11.7 Å². The van der Waals surface area contributed by atoms with Crippen LogP contribution in [0.5, 0.6) is 0 Å². The van der Waals surface area contributed by atoms with Gasteiger partial charge in [-0.1, -0.05) is 20.8 Å². The third-order valence-electron chi connectivity index (χ3n) is 3.60. The molecular weight excluding hydrogens is 232 g/mol. The average Bonchev–Trinajstić information content (AvgIpc) is 2.37. The number of nitrogens with two attached hydrogens (primary N) is 1. The molecule has 0 aliphatic carbocycles.